The van der Waals surface area contributed by atoms with Crippen LogP contribution in [-0.4, -0.2) is 27.0 Å². The summed E-state index contributed by atoms with van der Waals surface area (Å²) < 4.78 is 31.9. The molecule has 3 nitrogen and oxygen atoms in total. The van der Waals surface area contributed by atoms with Crippen molar-refractivity contribution in [3.8, 4) is 11.3 Å². The van der Waals surface area contributed by atoms with Gasteiger partial charge in [-0.3, -0.25) is 0 Å². The number of pyridine rings is 1. The van der Waals surface area contributed by atoms with E-state index in [0.29, 0.717) is 0 Å². The number of aromatic nitrogens is 1. The smallest absolute Gasteiger partial charge is 0.332 e. The van der Waals surface area contributed by atoms with Gasteiger partial charge in [0.1, 0.15) is 0 Å². The number of carboxylic acid groups (broad SMARTS) is 1. The normalized spacial score (nSPS) is 10.3. The Morgan fingerprint density at radius 1 is 1.04 bits per heavy atom. The number of hydrogen-bond acceptors (Lipinski definition) is 1. The van der Waals surface area contributed by atoms with Gasteiger partial charge in [-0.1, -0.05) is 24.3 Å². The van der Waals surface area contributed by atoms with Crippen LogP contribution in [0.4, 0.5) is 13.2 Å². The second-order valence-electron chi connectivity index (χ2n) is 4.48. The van der Waals surface area contributed by atoms with Gasteiger partial charge in [-0.05, 0) is 22.5 Å². The van der Waals surface area contributed by atoms with Crippen LogP contribution in [0.5, 0.6) is 0 Å². The van der Waals surface area contributed by atoms with E-state index in [9.17, 15) is 13.2 Å². The molecule has 3 aromatic rings. The minimum Gasteiger partial charge on any atom is -0.332 e. The van der Waals surface area contributed by atoms with Crippen molar-refractivity contribution >= 4 is 16.7 Å². The van der Waals surface area contributed by atoms with Gasteiger partial charge in [0.2, 0.25) is 0 Å². The van der Waals surface area contributed by atoms with Crippen LogP contribution >= 0.6 is 0 Å². The van der Waals surface area contributed by atoms with E-state index in [1.165, 1.54) is 10.8 Å². The number of fused-ring (bicyclic) bond motifs is 1. The van der Waals surface area contributed by atoms with E-state index in [-0.39, 0.29) is 20.1 Å². The number of benzene rings is 2. The van der Waals surface area contributed by atoms with Crippen molar-refractivity contribution < 1.29 is 43.2 Å². The van der Waals surface area contributed by atoms with Crippen molar-refractivity contribution in [2.45, 2.75) is 6.18 Å². The van der Waals surface area contributed by atoms with Crippen LogP contribution in [-0.2, 0) is 20.1 Å². The minimum atomic E-state index is -4.97. The van der Waals surface area contributed by atoms with Gasteiger partial charge in [0.15, 0.2) is 0 Å². The average molecular weight is 511 g/mol. The molecule has 24 heavy (non-hydrogen) atoms. The molecule has 0 unspecified atom stereocenters. The van der Waals surface area contributed by atoms with Crippen molar-refractivity contribution in [3.63, 3.8) is 0 Å². The molecule has 0 saturated heterocycles. The van der Waals surface area contributed by atoms with E-state index in [1.807, 2.05) is 48.7 Å². The maximum atomic E-state index is 10.6. The molecule has 0 atom stereocenters. The van der Waals surface area contributed by atoms with E-state index in [1.54, 1.807) is 0 Å². The molecule has 0 saturated carbocycles. The fourth-order valence-electron chi connectivity index (χ4n) is 1.87. The monoisotopic (exact) mass is 512 g/mol. The summed E-state index contributed by atoms with van der Waals surface area (Å²) in [4.78, 5) is 11.7. The number of hydrogen-bond donors (Lipinski definition) is 1. The van der Waals surface area contributed by atoms with Gasteiger partial charge < -0.3 is 14.9 Å². The van der Waals surface area contributed by atoms with Gasteiger partial charge in [0.25, 0.3) is 0 Å². The van der Waals surface area contributed by atoms with Crippen LogP contribution < -0.4 is 0 Å². The molecule has 0 aliphatic heterocycles. The van der Waals surface area contributed by atoms with Gasteiger partial charge in [-0.15, -0.1) is 35.9 Å². The summed E-state index contributed by atoms with van der Waals surface area (Å²) in [6, 6.07) is 21.4. The number of alkyl halides is 3. The van der Waals surface area contributed by atoms with Crippen LogP contribution in [0, 0.1) is 6.07 Å². The fourth-order valence-corrected chi connectivity index (χ4v) is 1.87. The van der Waals surface area contributed by atoms with Gasteiger partial charge in [0.05, 0.1) is 0 Å². The third-order valence-corrected chi connectivity index (χ3v) is 2.89. The molecule has 0 spiro atoms. The summed E-state index contributed by atoms with van der Waals surface area (Å²) >= 11 is 0. The van der Waals surface area contributed by atoms with Gasteiger partial charge in [-0.25, -0.2) is 0 Å². The van der Waals surface area contributed by atoms with Crippen molar-refractivity contribution in [3.05, 3.63) is 66.9 Å². The topological polar surface area (TPSA) is 54.5 Å². The number of nitrogens with zero attached hydrogens (tertiary/aromatic N) is 1. The van der Waals surface area contributed by atoms with Crippen LogP contribution in [0.1, 0.15) is 0 Å². The third-order valence-electron chi connectivity index (χ3n) is 2.89. The summed E-state index contributed by atoms with van der Waals surface area (Å²) in [7, 11) is 0. The van der Waals surface area contributed by atoms with Gasteiger partial charge in [0, 0.05) is 26.3 Å². The summed E-state index contributed by atoms with van der Waals surface area (Å²) in [5.74, 6) is -2.51. The molecule has 1 radical (unpaired) electrons. The zero-order valence-electron chi connectivity index (χ0n) is 12.1. The number of aliphatic hydroxyl groups excluding tert-OH is 1. The molecule has 127 valence electrons. The first-order valence-electron chi connectivity index (χ1n) is 6.52. The molecule has 1 aromatic heterocycles. The number of halogens is 3. The molecular formula is C17H12F3IrNO2. The molecule has 1 heterocycles. The zero-order chi connectivity index (χ0) is 16.9. The predicted molar refractivity (Wildman–Crippen MR) is 81.6 cm³/mol. The number of aliphatic carboxylic acids is 1. The molecule has 3 rings (SSSR count). The van der Waals surface area contributed by atoms with Gasteiger partial charge in [-0.2, -0.15) is 13.2 Å². The Bertz CT molecular complexity index is 802. The Morgan fingerprint density at radius 2 is 1.67 bits per heavy atom. The first-order valence-corrected chi connectivity index (χ1v) is 6.52. The molecule has 2 N–H and O–H groups in total. The van der Waals surface area contributed by atoms with Crippen LogP contribution in [0.15, 0.2) is 60.8 Å². The van der Waals surface area contributed by atoms with Gasteiger partial charge >= 0.3 is 12.1 Å². The Balaban J connectivity index is 0.000000312. The first-order chi connectivity index (χ1) is 10.9. The van der Waals surface area contributed by atoms with E-state index in [2.05, 4.69) is 23.2 Å². The Morgan fingerprint density at radius 3 is 2.25 bits per heavy atom. The summed E-state index contributed by atoms with van der Waals surface area (Å²) in [6.07, 6.45) is -3.13. The summed E-state index contributed by atoms with van der Waals surface area (Å²) in [5.41, 5.74) is 2.04. The Hall–Kier alpha value is -2.24. The minimum absolute atomic E-state index is 0. The summed E-state index contributed by atoms with van der Waals surface area (Å²) in [6.45, 7) is 0. The second-order valence-corrected chi connectivity index (χ2v) is 4.48. The van der Waals surface area contributed by atoms with E-state index in [4.69, 9.17) is 9.90 Å². The third kappa shape index (κ3) is 5.15. The standard InChI is InChI=1S/C15H10N.C2HF3O2.Ir/c1-2-7-13(8-3-1)15-14-9-5-4-6-12(14)10-11-16-15;3-2(4,5)1(6)7;/h1-7,9-11H;(H,6,7);/q-1;;/p+1. The maximum absolute atomic E-state index is 10.6. The maximum Gasteiger partial charge on any atom is 0.591 e. The van der Waals surface area contributed by atoms with Crippen LogP contribution in [0.25, 0.3) is 22.0 Å². The number of carboxylic acids is 1. The van der Waals surface area contributed by atoms with E-state index in [0.717, 1.165) is 11.3 Å². The second kappa shape index (κ2) is 8.57. The average Bonchev–Trinajstić information content (AvgIpc) is 2.55. The quantitative estimate of drug-likeness (QED) is 0.391. The van der Waals surface area contributed by atoms with E-state index >= 15 is 0 Å². The van der Waals surface area contributed by atoms with Crippen LogP contribution in [0.3, 0.4) is 0 Å². The molecule has 0 aliphatic carbocycles. The van der Waals surface area contributed by atoms with E-state index < -0.39 is 12.1 Å². The Kier molecular flexibility index (Phi) is 7.07. The van der Waals surface area contributed by atoms with Crippen molar-refractivity contribution in [2.24, 2.45) is 0 Å². The molecule has 0 bridgehead atoms. The predicted octanol–water partition coefficient (Wildman–Crippen LogP) is 4.31. The molecular weight excluding hydrogens is 499 g/mol. The van der Waals surface area contributed by atoms with Crippen LogP contribution in [0.2, 0.25) is 0 Å². The Labute approximate surface area is 149 Å². The number of rotatable bonds is 1. The first kappa shape index (κ1) is 19.8. The molecule has 7 heteroatoms. The molecule has 0 fully saturated rings. The van der Waals surface area contributed by atoms with Crippen molar-refractivity contribution in [2.75, 3.05) is 0 Å². The fraction of sp³-hybridized carbons (Fsp3) is 0.0588. The molecule has 2 aromatic carbocycles. The zero-order valence-corrected chi connectivity index (χ0v) is 14.5. The SMILES string of the molecule is OC(=[OH+])C(F)(F)F.[Ir].[c-]1ccccc1-c1nccc2ccccc12. The molecule has 0 aliphatic rings. The summed E-state index contributed by atoms with van der Waals surface area (Å²) in [5, 5.41) is 9.62. The van der Waals surface area contributed by atoms with Crippen molar-refractivity contribution in [1.82, 2.24) is 4.98 Å². The van der Waals surface area contributed by atoms with Crippen molar-refractivity contribution in [1.29, 1.82) is 0 Å². The largest absolute Gasteiger partial charge is 0.591 e. The molecule has 0 amide bonds.